The minimum atomic E-state index is -1.24. The first-order chi connectivity index (χ1) is 12.6. The lowest BCUT2D eigenvalue weighted by atomic mass is 10.0. The van der Waals surface area contributed by atoms with Crippen LogP contribution in [0.2, 0.25) is 10.0 Å². The fourth-order valence-electron chi connectivity index (χ4n) is 2.13. The average Bonchev–Trinajstić information content (AvgIpc) is 2.57. The first-order valence-electron chi connectivity index (χ1n) is 8.09. The Kier molecular flexibility index (Phi) is 9.31. The van der Waals surface area contributed by atoms with E-state index in [2.05, 4.69) is 10.6 Å². The van der Waals surface area contributed by atoms with Crippen molar-refractivity contribution >= 4 is 41.2 Å². The molecule has 0 saturated carbocycles. The fourth-order valence-corrected chi connectivity index (χ4v) is 2.59. The number of halogens is 3. The van der Waals surface area contributed by atoms with Gasteiger partial charge in [-0.15, -0.1) is 0 Å². The lowest BCUT2D eigenvalue weighted by molar-refractivity contribution is -0.138. The number of carbonyl (C=O) groups excluding carboxylic acids is 2. The summed E-state index contributed by atoms with van der Waals surface area (Å²) in [5.41, 5.74) is 0.528. The molecule has 1 rings (SSSR count). The Morgan fingerprint density at radius 2 is 1.89 bits per heavy atom. The van der Waals surface area contributed by atoms with Gasteiger partial charge in [0.05, 0.1) is 12.5 Å². The molecule has 0 spiro atoms. The zero-order valence-electron chi connectivity index (χ0n) is 14.8. The maximum Gasteiger partial charge on any atom is 0.408 e. The van der Waals surface area contributed by atoms with Crippen LogP contribution in [-0.2, 0) is 20.9 Å². The van der Waals surface area contributed by atoms with E-state index in [1.54, 1.807) is 26.0 Å². The number of amides is 2. The second-order valence-corrected chi connectivity index (χ2v) is 6.98. The highest BCUT2D eigenvalue weighted by atomic mass is 35.5. The molecule has 7 nitrogen and oxygen atoms in total. The van der Waals surface area contributed by atoms with Crippen molar-refractivity contribution in [3.05, 3.63) is 33.8 Å². The van der Waals surface area contributed by atoms with E-state index in [1.165, 1.54) is 6.07 Å². The van der Waals surface area contributed by atoms with E-state index in [-0.39, 0.29) is 12.5 Å². The summed E-state index contributed by atoms with van der Waals surface area (Å²) in [6.07, 6.45) is -1.43. The van der Waals surface area contributed by atoms with Crippen LogP contribution in [0.25, 0.3) is 0 Å². The molecule has 27 heavy (non-hydrogen) atoms. The Morgan fingerprint density at radius 1 is 1.22 bits per heavy atom. The van der Waals surface area contributed by atoms with Gasteiger partial charge < -0.3 is 20.5 Å². The summed E-state index contributed by atoms with van der Waals surface area (Å²) >= 11 is 11.8. The van der Waals surface area contributed by atoms with Gasteiger partial charge in [-0.3, -0.25) is 9.59 Å². The number of ether oxygens (including phenoxy) is 1. The first kappa shape index (κ1) is 23.0. The number of aliphatic carboxylic acids is 1. The van der Waals surface area contributed by atoms with Crippen LogP contribution in [-0.4, -0.2) is 41.8 Å². The molecule has 0 fully saturated rings. The summed E-state index contributed by atoms with van der Waals surface area (Å²) < 4.78 is 17.9. The summed E-state index contributed by atoms with van der Waals surface area (Å²) in [6.45, 7) is 2.16. The molecule has 10 heteroatoms. The van der Waals surface area contributed by atoms with E-state index in [1.807, 2.05) is 0 Å². The van der Waals surface area contributed by atoms with Crippen LogP contribution in [0.1, 0.15) is 25.8 Å². The number of carbonyl (C=O) groups is 3. The van der Waals surface area contributed by atoms with Crippen LogP contribution in [0.5, 0.6) is 0 Å². The summed E-state index contributed by atoms with van der Waals surface area (Å²) in [4.78, 5) is 34.9. The lowest BCUT2D eigenvalue weighted by Crippen LogP contribution is -2.53. The first-order valence-corrected chi connectivity index (χ1v) is 8.85. The van der Waals surface area contributed by atoms with Gasteiger partial charge in [0.25, 0.3) is 0 Å². The molecule has 0 saturated heterocycles. The lowest BCUT2D eigenvalue weighted by Gasteiger charge is -2.23. The number of carboxylic acid groups (broad SMARTS) is 1. The maximum absolute atomic E-state index is 12.9. The van der Waals surface area contributed by atoms with Crippen LogP contribution in [0, 0.1) is 5.92 Å². The fraction of sp³-hybridized carbons (Fsp3) is 0.471. The van der Waals surface area contributed by atoms with Crippen molar-refractivity contribution in [1.29, 1.82) is 0 Å². The molecule has 0 aliphatic carbocycles. The van der Waals surface area contributed by atoms with Crippen LogP contribution in [0.4, 0.5) is 9.18 Å². The molecule has 150 valence electrons. The number of hydrogen-bond acceptors (Lipinski definition) is 4. The third kappa shape index (κ3) is 8.01. The smallest absolute Gasteiger partial charge is 0.408 e. The second kappa shape index (κ2) is 10.9. The zero-order valence-corrected chi connectivity index (χ0v) is 16.3. The normalized spacial score (nSPS) is 13.0. The van der Waals surface area contributed by atoms with E-state index in [0.717, 1.165) is 0 Å². The molecule has 3 N–H and O–H groups in total. The van der Waals surface area contributed by atoms with Gasteiger partial charge in [-0.05, 0) is 18.1 Å². The van der Waals surface area contributed by atoms with Crippen molar-refractivity contribution in [2.24, 2.45) is 5.92 Å². The number of alkyl halides is 1. The summed E-state index contributed by atoms with van der Waals surface area (Å²) in [7, 11) is 0. The molecular formula is C17H21Cl2FN2O5. The van der Waals surface area contributed by atoms with E-state index < -0.39 is 43.1 Å². The standard InChI is InChI=1S/C17H21Cl2FN2O5/c1-9(2)15(16(25)21-12(7-20)6-14(23)24)22-17(26)27-8-10-3-4-11(18)5-13(10)19/h3-5,9,12,15H,6-8H2,1-2H3,(H,21,25)(H,22,26)(H,23,24)/t12?,15-/m0/s1. The average molecular weight is 423 g/mol. The maximum atomic E-state index is 12.9. The van der Waals surface area contributed by atoms with Gasteiger partial charge >= 0.3 is 12.1 Å². The van der Waals surface area contributed by atoms with Gasteiger partial charge in [0.15, 0.2) is 0 Å². The van der Waals surface area contributed by atoms with Crippen molar-refractivity contribution < 1.29 is 28.6 Å². The Hall–Kier alpha value is -2.06. The number of alkyl carbamates (subject to hydrolysis) is 1. The molecule has 2 amide bonds. The molecule has 0 aliphatic heterocycles. The van der Waals surface area contributed by atoms with Gasteiger partial charge in [0, 0.05) is 15.6 Å². The second-order valence-electron chi connectivity index (χ2n) is 6.14. The predicted molar refractivity (Wildman–Crippen MR) is 98.6 cm³/mol. The van der Waals surface area contributed by atoms with Crippen molar-refractivity contribution in [2.75, 3.05) is 6.67 Å². The Bertz CT molecular complexity index is 687. The number of carboxylic acids is 1. The largest absolute Gasteiger partial charge is 0.481 e. The van der Waals surface area contributed by atoms with Crippen LogP contribution >= 0.6 is 23.2 Å². The highest BCUT2D eigenvalue weighted by molar-refractivity contribution is 6.35. The minimum Gasteiger partial charge on any atom is -0.481 e. The number of benzene rings is 1. The van der Waals surface area contributed by atoms with Gasteiger partial charge in [-0.1, -0.05) is 43.1 Å². The van der Waals surface area contributed by atoms with E-state index in [0.29, 0.717) is 15.6 Å². The molecule has 0 bridgehead atoms. The number of rotatable bonds is 9. The summed E-state index contributed by atoms with van der Waals surface area (Å²) in [6, 6.07) is 2.49. The van der Waals surface area contributed by atoms with Gasteiger partial charge in [-0.25, -0.2) is 9.18 Å². The molecule has 1 aromatic carbocycles. The predicted octanol–water partition coefficient (Wildman–Crippen LogP) is 3.17. The molecule has 2 atom stereocenters. The topological polar surface area (TPSA) is 105 Å². The highest BCUT2D eigenvalue weighted by Crippen LogP contribution is 2.21. The van der Waals surface area contributed by atoms with E-state index in [4.69, 9.17) is 33.0 Å². The van der Waals surface area contributed by atoms with Crippen molar-refractivity contribution in [3.63, 3.8) is 0 Å². The molecule has 1 aromatic rings. The summed E-state index contributed by atoms with van der Waals surface area (Å²) in [5, 5.41) is 14.1. The van der Waals surface area contributed by atoms with Gasteiger partial charge in [0.2, 0.25) is 5.91 Å². The third-order valence-electron chi connectivity index (χ3n) is 3.55. The zero-order chi connectivity index (χ0) is 20.6. The molecular weight excluding hydrogens is 402 g/mol. The minimum absolute atomic E-state index is 0.139. The Labute approximate surface area is 166 Å². The van der Waals surface area contributed by atoms with Crippen molar-refractivity contribution in [1.82, 2.24) is 10.6 Å². The van der Waals surface area contributed by atoms with Crippen molar-refractivity contribution in [2.45, 2.75) is 39.0 Å². The number of hydrogen-bond donors (Lipinski definition) is 3. The molecule has 0 radical (unpaired) electrons. The molecule has 1 unspecified atom stereocenters. The molecule has 0 aromatic heterocycles. The highest BCUT2D eigenvalue weighted by Gasteiger charge is 2.27. The Morgan fingerprint density at radius 3 is 2.41 bits per heavy atom. The van der Waals surface area contributed by atoms with Crippen LogP contribution in [0.15, 0.2) is 18.2 Å². The van der Waals surface area contributed by atoms with E-state index in [9.17, 15) is 18.8 Å². The number of nitrogens with one attached hydrogen (secondary N) is 2. The monoisotopic (exact) mass is 422 g/mol. The van der Waals surface area contributed by atoms with E-state index >= 15 is 0 Å². The molecule has 0 aliphatic rings. The third-order valence-corrected chi connectivity index (χ3v) is 4.14. The van der Waals surface area contributed by atoms with Gasteiger partial charge in [0.1, 0.15) is 19.3 Å². The van der Waals surface area contributed by atoms with Crippen LogP contribution < -0.4 is 10.6 Å². The quantitative estimate of drug-likeness (QED) is 0.566. The van der Waals surface area contributed by atoms with Crippen LogP contribution in [0.3, 0.4) is 0 Å². The van der Waals surface area contributed by atoms with Crippen molar-refractivity contribution in [3.8, 4) is 0 Å². The SMILES string of the molecule is CC(C)[C@H](NC(=O)OCc1ccc(Cl)cc1Cl)C(=O)NC(CF)CC(=O)O. The van der Waals surface area contributed by atoms with Gasteiger partial charge in [-0.2, -0.15) is 0 Å². The Balaban J connectivity index is 2.65. The summed E-state index contributed by atoms with van der Waals surface area (Å²) in [5.74, 6) is -2.29. The molecule has 0 heterocycles.